The summed E-state index contributed by atoms with van der Waals surface area (Å²) in [5.41, 5.74) is 2.21. The Labute approximate surface area is 127 Å². The number of allylic oxidation sites excluding steroid dienone is 4. The summed E-state index contributed by atoms with van der Waals surface area (Å²) in [5, 5.41) is 3.34. The molecule has 0 aliphatic carbocycles. The van der Waals surface area contributed by atoms with Crippen molar-refractivity contribution in [3.63, 3.8) is 0 Å². The van der Waals surface area contributed by atoms with Crippen molar-refractivity contribution in [1.29, 1.82) is 0 Å². The highest BCUT2D eigenvalue weighted by atomic mass is 31.2. The maximum absolute atomic E-state index is 2.52. The summed E-state index contributed by atoms with van der Waals surface area (Å²) in [6, 6.07) is 0. The first-order valence-electron chi connectivity index (χ1n) is 7.75. The number of hydrogen-bond donors (Lipinski definition) is 0. The third-order valence-electron chi connectivity index (χ3n) is 4.19. The van der Waals surface area contributed by atoms with Crippen LogP contribution in [0.2, 0.25) is 0 Å². The molecule has 0 aromatic carbocycles. The van der Waals surface area contributed by atoms with E-state index >= 15 is 0 Å². The second-order valence-electron chi connectivity index (χ2n) is 9.72. The molecule has 1 aliphatic rings. The average molecular weight is 294 g/mol. The van der Waals surface area contributed by atoms with Crippen molar-refractivity contribution in [1.82, 2.24) is 0 Å². The highest BCUT2D eigenvalue weighted by Crippen LogP contribution is 2.62. The highest BCUT2D eigenvalue weighted by molar-refractivity contribution is 7.79. The average Bonchev–Trinajstić information content (AvgIpc) is 2.09. The lowest BCUT2D eigenvalue weighted by molar-refractivity contribution is 0.502. The van der Waals surface area contributed by atoms with Crippen LogP contribution in [0.3, 0.4) is 0 Å². The highest BCUT2D eigenvalue weighted by Gasteiger charge is 2.35. The molecule has 0 atom stereocenters. The van der Waals surface area contributed by atoms with Gasteiger partial charge in [0.1, 0.15) is 0 Å². The molecule has 0 saturated carbocycles. The number of rotatable bonds is 0. The Morgan fingerprint density at radius 2 is 1.10 bits per heavy atom. The van der Waals surface area contributed by atoms with Gasteiger partial charge in [-0.05, 0) is 45.8 Å². The first kappa shape index (κ1) is 17.8. The second-order valence-corrected chi connectivity index (χ2v) is 13.6. The standard InChI is InChI=1S/C19H35P/c1-17(2,3)14-12-15(18(4,5)6)20(10,11)16(13-14)19(7,8)9/h12-13H,1-11H3. The van der Waals surface area contributed by atoms with E-state index in [4.69, 9.17) is 0 Å². The van der Waals surface area contributed by atoms with Gasteiger partial charge >= 0.3 is 0 Å². The molecule has 0 N–H and O–H groups in total. The van der Waals surface area contributed by atoms with Gasteiger partial charge in [-0.3, -0.25) is 0 Å². The van der Waals surface area contributed by atoms with Crippen LogP contribution in [0.5, 0.6) is 0 Å². The van der Waals surface area contributed by atoms with E-state index < -0.39 is 6.89 Å². The Balaban J connectivity index is 3.74. The molecule has 20 heavy (non-hydrogen) atoms. The minimum Gasteiger partial charge on any atom is -0.0830 e. The molecule has 1 aliphatic heterocycles. The normalized spacial score (nSPS) is 20.6. The zero-order valence-corrected chi connectivity index (χ0v) is 16.5. The fraction of sp³-hybridized carbons (Fsp3) is 0.737. The molecule has 1 rings (SSSR count). The van der Waals surface area contributed by atoms with Crippen LogP contribution in [0.15, 0.2) is 23.0 Å². The van der Waals surface area contributed by atoms with E-state index in [1.807, 2.05) is 0 Å². The number of hydrogen-bond acceptors (Lipinski definition) is 0. The minimum absolute atomic E-state index is 0.216. The van der Waals surface area contributed by atoms with Gasteiger partial charge in [0.15, 0.2) is 0 Å². The lowest BCUT2D eigenvalue weighted by atomic mass is 9.81. The maximum Gasteiger partial charge on any atom is -0.0128 e. The molecule has 0 amide bonds. The maximum atomic E-state index is 2.52. The van der Waals surface area contributed by atoms with E-state index in [1.165, 1.54) is 5.57 Å². The summed E-state index contributed by atoms with van der Waals surface area (Å²) in [6.07, 6.45) is 5.03. The van der Waals surface area contributed by atoms with Gasteiger partial charge in [-0.1, -0.05) is 81.4 Å². The van der Waals surface area contributed by atoms with Crippen LogP contribution in [-0.4, -0.2) is 18.6 Å². The van der Waals surface area contributed by atoms with Gasteiger partial charge in [-0.2, -0.15) is 0 Å². The molecule has 1 heterocycles. The van der Waals surface area contributed by atoms with E-state index in [9.17, 15) is 0 Å². The molecular formula is C19H35P. The Morgan fingerprint density at radius 3 is 1.40 bits per heavy atom. The summed E-state index contributed by atoms with van der Waals surface area (Å²) in [5.74, 6) is 0. The van der Waals surface area contributed by atoms with Crippen molar-refractivity contribution >= 4 is 12.2 Å². The van der Waals surface area contributed by atoms with Crippen molar-refractivity contribution in [2.45, 2.75) is 62.3 Å². The Morgan fingerprint density at radius 1 is 0.650 bits per heavy atom. The molecule has 0 fully saturated rings. The predicted octanol–water partition coefficient (Wildman–Crippen LogP) is 6.40. The van der Waals surface area contributed by atoms with Crippen LogP contribution >= 0.6 is 6.89 Å². The van der Waals surface area contributed by atoms with Crippen molar-refractivity contribution in [3.05, 3.63) is 23.0 Å². The molecule has 116 valence electrons. The third-order valence-corrected chi connectivity index (χ3v) is 8.20. The lowest BCUT2D eigenvalue weighted by Gasteiger charge is -2.42. The topological polar surface area (TPSA) is 0 Å². The van der Waals surface area contributed by atoms with Crippen molar-refractivity contribution in [2.24, 2.45) is 16.2 Å². The van der Waals surface area contributed by atoms with Gasteiger partial charge < -0.3 is 0 Å². The Bertz CT molecular complexity index is 497. The summed E-state index contributed by atoms with van der Waals surface area (Å²) in [4.78, 5) is 0. The molecule has 0 aromatic heterocycles. The third kappa shape index (κ3) is 3.51. The smallest absolute Gasteiger partial charge is 0.0128 e. The predicted molar refractivity (Wildman–Crippen MR) is 98.3 cm³/mol. The summed E-state index contributed by atoms with van der Waals surface area (Å²) >= 11 is 0. The molecule has 0 unspecified atom stereocenters. The van der Waals surface area contributed by atoms with Gasteiger partial charge in [0.05, 0.1) is 0 Å². The van der Waals surface area contributed by atoms with Crippen LogP contribution in [0.4, 0.5) is 0 Å². The minimum atomic E-state index is -1.21. The lowest BCUT2D eigenvalue weighted by Crippen LogP contribution is -2.27. The Kier molecular flexibility index (Phi) is 4.38. The van der Waals surface area contributed by atoms with E-state index in [-0.39, 0.29) is 16.2 Å². The monoisotopic (exact) mass is 294 g/mol. The molecular weight excluding hydrogens is 259 g/mol. The van der Waals surface area contributed by atoms with Crippen LogP contribution in [0.25, 0.3) is 0 Å². The molecule has 0 radical (unpaired) electrons. The van der Waals surface area contributed by atoms with Gasteiger partial charge in [-0.15, -0.1) is 0 Å². The summed E-state index contributed by atoms with van der Waals surface area (Å²) in [7, 11) is 0. The van der Waals surface area contributed by atoms with Crippen molar-refractivity contribution in [2.75, 3.05) is 13.3 Å². The van der Waals surface area contributed by atoms with Gasteiger partial charge in [0.2, 0.25) is 0 Å². The van der Waals surface area contributed by atoms with Gasteiger partial charge in [0.25, 0.3) is 0 Å². The fourth-order valence-corrected chi connectivity index (χ4v) is 7.87. The molecule has 0 aromatic rings. The van der Waals surface area contributed by atoms with E-state index in [2.05, 4.69) is 87.8 Å². The first-order valence-corrected chi connectivity index (χ1v) is 10.4. The summed E-state index contributed by atoms with van der Waals surface area (Å²) in [6.45, 7) is 25.0. The molecule has 0 spiro atoms. The molecule has 1 heteroatoms. The van der Waals surface area contributed by atoms with Crippen LogP contribution in [0.1, 0.15) is 62.3 Å². The largest absolute Gasteiger partial charge is 0.0830 e. The second kappa shape index (κ2) is 4.91. The SMILES string of the molecule is CC(C)(C)C1=CC(C(C)(C)C)=P(C)(C)C(C(C)(C)C)=C1. The van der Waals surface area contributed by atoms with Crippen LogP contribution in [-0.2, 0) is 0 Å². The zero-order chi connectivity index (χ0) is 16.1. The van der Waals surface area contributed by atoms with Crippen molar-refractivity contribution < 1.29 is 0 Å². The zero-order valence-electron chi connectivity index (χ0n) is 15.6. The van der Waals surface area contributed by atoms with E-state index in [0.717, 1.165) is 0 Å². The first-order chi connectivity index (χ1) is 8.58. The van der Waals surface area contributed by atoms with E-state index in [0.29, 0.717) is 0 Å². The van der Waals surface area contributed by atoms with Crippen LogP contribution in [0, 0.1) is 16.2 Å². The van der Waals surface area contributed by atoms with Crippen LogP contribution < -0.4 is 0 Å². The Hall–Kier alpha value is -0.220. The van der Waals surface area contributed by atoms with Crippen molar-refractivity contribution in [3.8, 4) is 0 Å². The molecule has 0 bridgehead atoms. The fourth-order valence-electron chi connectivity index (χ4n) is 3.33. The molecule has 0 nitrogen and oxygen atoms in total. The van der Waals surface area contributed by atoms with Gasteiger partial charge in [-0.25, -0.2) is 0 Å². The van der Waals surface area contributed by atoms with E-state index in [1.54, 1.807) is 10.6 Å². The summed E-state index contributed by atoms with van der Waals surface area (Å²) < 4.78 is 0. The quantitative estimate of drug-likeness (QED) is 0.453. The van der Waals surface area contributed by atoms with Gasteiger partial charge in [0, 0.05) is 0 Å². The molecule has 0 saturated heterocycles.